The fraction of sp³-hybridized carbons (Fsp3) is 0.467. The Kier molecular flexibility index (Phi) is 4.47. The topological polar surface area (TPSA) is 81.1 Å². The van der Waals surface area contributed by atoms with Gasteiger partial charge in [0.15, 0.2) is 0 Å². The molecule has 1 aromatic carbocycles. The lowest BCUT2D eigenvalue weighted by Crippen LogP contribution is -2.47. The summed E-state index contributed by atoms with van der Waals surface area (Å²) in [5.41, 5.74) is 1.86. The molecule has 0 aromatic heterocycles. The van der Waals surface area contributed by atoms with E-state index in [0.29, 0.717) is 5.69 Å². The van der Waals surface area contributed by atoms with Crippen LogP contribution in [-0.4, -0.2) is 52.9 Å². The summed E-state index contributed by atoms with van der Waals surface area (Å²) in [5, 5.41) is 18.8. The van der Waals surface area contributed by atoms with Gasteiger partial charge in [0, 0.05) is 25.7 Å². The largest absolute Gasteiger partial charge is 0.480 e. The maximum atomic E-state index is 12.4. The number of carboxylic acids is 1. The van der Waals surface area contributed by atoms with Gasteiger partial charge in [-0.15, -0.1) is 0 Å². The van der Waals surface area contributed by atoms with Gasteiger partial charge in [0.25, 0.3) is 0 Å². The van der Waals surface area contributed by atoms with Gasteiger partial charge in [0.1, 0.15) is 6.04 Å². The number of likely N-dealkylation sites (tertiary alicyclic amines) is 1. The van der Waals surface area contributed by atoms with Crippen LogP contribution in [0.25, 0.3) is 0 Å². The number of carbonyl (C=O) groups is 2. The van der Waals surface area contributed by atoms with Gasteiger partial charge in [-0.05, 0) is 24.1 Å². The summed E-state index contributed by atoms with van der Waals surface area (Å²) in [6.45, 7) is 2.10. The highest BCUT2D eigenvalue weighted by Gasteiger charge is 2.40. The molecule has 1 aliphatic heterocycles. The van der Waals surface area contributed by atoms with E-state index in [-0.39, 0.29) is 13.0 Å². The third-order valence-electron chi connectivity index (χ3n) is 3.83. The highest BCUT2D eigenvalue weighted by atomic mass is 16.4. The quantitative estimate of drug-likeness (QED) is 0.880. The van der Waals surface area contributed by atoms with Crippen LogP contribution in [0.4, 0.5) is 10.5 Å². The number of hydrogen-bond acceptors (Lipinski definition) is 3. The summed E-state index contributed by atoms with van der Waals surface area (Å²) >= 11 is 0. The lowest BCUT2D eigenvalue weighted by Gasteiger charge is -2.27. The summed E-state index contributed by atoms with van der Waals surface area (Å²) < 4.78 is 0. The van der Waals surface area contributed by atoms with E-state index in [1.165, 1.54) is 15.4 Å². The Labute approximate surface area is 123 Å². The third-order valence-corrected chi connectivity index (χ3v) is 3.83. The van der Waals surface area contributed by atoms with E-state index in [9.17, 15) is 14.7 Å². The van der Waals surface area contributed by atoms with Crippen molar-refractivity contribution >= 4 is 17.7 Å². The zero-order valence-electron chi connectivity index (χ0n) is 12.2. The Morgan fingerprint density at radius 2 is 1.95 bits per heavy atom. The Morgan fingerprint density at radius 3 is 2.48 bits per heavy atom. The van der Waals surface area contributed by atoms with Gasteiger partial charge in [-0.3, -0.25) is 4.90 Å². The molecule has 2 N–H and O–H groups in total. The zero-order chi connectivity index (χ0) is 15.6. The van der Waals surface area contributed by atoms with Crippen molar-refractivity contribution in [2.24, 2.45) is 0 Å². The summed E-state index contributed by atoms with van der Waals surface area (Å²) in [6, 6.07) is 6.16. The number of benzene rings is 1. The zero-order valence-corrected chi connectivity index (χ0v) is 12.2. The minimum absolute atomic E-state index is 0.0488. The van der Waals surface area contributed by atoms with E-state index in [4.69, 9.17) is 5.11 Å². The van der Waals surface area contributed by atoms with Crippen LogP contribution < -0.4 is 4.90 Å². The Hall–Kier alpha value is -2.08. The van der Waals surface area contributed by atoms with E-state index in [1.54, 1.807) is 7.05 Å². The van der Waals surface area contributed by atoms with E-state index >= 15 is 0 Å². The monoisotopic (exact) mass is 292 g/mol. The second-order valence-corrected chi connectivity index (χ2v) is 5.26. The number of β-amino-alcohol motifs (C(OH)–C–C–N with tert-alkyl or cyclic N) is 1. The standard InChI is InChI=1S/C15H20N2O4/c1-3-10-4-6-11(7-5-10)16(2)15(21)17-9-12(18)8-13(17)14(19)20/h4-7,12-13,18H,3,8-9H2,1-2H3,(H,19,20)/t12-,13-/m1/s1. The molecule has 0 bridgehead atoms. The average molecular weight is 292 g/mol. The number of carboxylic acid groups (broad SMARTS) is 1. The minimum Gasteiger partial charge on any atom is -0.480 e. The molecule has 0 saturated carbocycles. The minimum atomic E-state index is -1.09. The average Bonchev–Trinajstić information content (AvgIpc) is 2.88. The molecule has 0 spiro atoms. The van der Waals surface area contributed by atoms with Gasteiger partial charge < -0.3 is 15.1 Å². The number of aliphatic hydroxyl groups excluding tert-OH is 1. The number of aryl methyl sites for hydroxylation is 1. The summed E-state index contributed by atoms with van der Waals surface area (Å²) in [4.78, 5) is 26.2. The van der Waals surface area contributed by atoms with E-state index in [1.807, 2.05) is 31.2 Å². The van der Waals surface area contributed by atoms with Crippen molar-refractivity contribution in [3.8, 4) is 0 Å². The molecule has 114 valence electrons. The normalized spacial score (nSPS) is 21.4. The second kappa shape index (κ2) is 6.13. The number of hydrogen-bond donors (Lipinski definition) is 2. The van der Waals surface area contributed by atoms with Crippen LogP contribution >= 0.6 is 0 Å². The summed E-state index contributed by atoms with van der Waals surface area (Å²) in [7, 11) is 1.60. The number of urea groups is 1. The van der Waals surface area contributed by atoms with Crippen LogP contribution in [0.15, 0.2) is 24.3 Å². The molecule has 2 rings (SSSR count). The van der Waals surface area contributed by atoms with Crippen LogP contribution in [0.3, 0.4) is 0 Å². The van der Waals surface area contributed by atoms with E-state index < -0.39 is 24.1 Å². The molecule has 0 radical (unpaired) electrons. The molecule has 2 atom stereocenters. The van der Waals surface area contributed by atoms with Crippen molar-refractivity contribution in [1.82, 2.24) is 4.90 Å². The van der Waals surface area contributed by atoms with Crippen LogP contribution in [0, 0.1) is 0 Å². The molecule has 1 aliphatic rings. The predicted molar refractivity (Wildman–Crippen MR) is 78.4 cm³/mol. The fourth-order valence-electron chi connectivity index (χ4n) is 2.52. The van der Waals surface area contributed by atoms with Crippen molar-refractivity contribution in [3.05, 3.63) is 29.8 Å². The number of amides is 2. The fourth-order valence-corrected chi connectivity index (χ4v) is 2.52. The lowest BCUT2D eigenvalue weighted by atomic mass is 10.1. The molecule has 6 nitrogen and oxygen atoms in total. The molecule has 0 aliphatic carbocycles. The number of carbonyl (C=O) groups excluding carboxylic acids is 1. The molecule has 6 heteroatoms. The summed E-state index contributed by atoms with van der Waals surface area (Å²) in [6.07, 6.45) is 0.201. The van der Waals surface area contributed by atoms with Gasteiger partial charge in [0.2, 0.25) is 0 Å². The molecule has 1 fully saturated rings. The highest BCUT2D eigenvalue weighted by Crippen LogP contribution is 2.22. The molecule has 1 aromatic rings. The number of aliphatic hydroxyl groups is 1. The van der Waals surface area contributed by atoms with Crippen molar-refractivity contribution in [2.45, 2.75) is 31.9 Å². The molecular weight excluding hydrogens is 272 g/mol. The first-order valence-corrected chi connectivity index (χ1v) is 6.98. The first-order chi connectivity index (χ1) is 9.93. The SMILES string of the molecule is CCc1ccc(N(C)C(=O)N2C[C@H](O)C[C@@H]2C(=O)O)cc1. The molecule has 2 amide bonds. The van der Waals surface area contributed by atoms with Gasteiger partial charge >= 0.3 is 12.0 Å². The lowest BCUT2D eigenvalue weighted by molar-refractivity contribution is -0.141. The van der Waals surface area contributed by atoms with Crippen LogP contribution in [0.1, 0.15) is 18.9 Å². The molecule has 1 heterocycles. The molecule has 0 unspecified atom stereocenters. The number of rotatable bonds is 3. The van der Waals surface area contributed by atoms with Gasteiger partial charge in [-0.1, -0.05) is 19.1 Å². The molecule has 21 heavy (non-hydrogen) atoms. The van der Waals surface area contributed by atoms with Crippen molar-refractivity contribution in [2.75, 3.05) is 18.5 Å². The van der Waals surface area contributed by atoms with Crippen molar-refractivity contribution in [3.63, 3.8) is 0 Å². The van der Waals surface area contributed by atoms with Crippen LogP contribution in [-0.2, 0) is 11.2 Å². The number of aliphatic carboxylic acids is 1. The predicted octanol–water partition coefficient (Wildman–Crippen LogP) is 1.32. The Morgan fingerprint density at radius 1 is 1.33 bits per heavy atom. The number of anilines is 1. The first-order valence-electron chi connectivity index (χ1n) is 6.98. The highest BCUT2D eigenvalue weighted by molar-refractivity contribution is 5.94. The maximum Gasteiger partial charge on any atom is 0.326 e. The second-order valence-electron chi connectivity index (χ2n) is 5.26. The van der Waals surface area contributed by atoms with Gasteiger partial charge in [0.05, 0.1) is 6.10 Å². The van der Waals surface area contributed by atoms with Crippen molar-refractivity contribution in [1.29, 1.82) is 0 Å². The molecular formula is C15H20N2O4. The number of nitrogens with zero attached hydrogens (tertiary/aromatic N) is 2. The Balaban J connectivity index is 2.15. The van der Waals surface area contributed by atoms with E-state index in [2.05, 4.69) is 0 Å². The van der Waals surface area contributed by atoms with Crippen molar-refractivity contribution < 1.29 is 19.8 Å². The Bertz CT molecular complexity index is 529. The van der Waals surface area contributed by atoms with Crippen LogP contribution in [0.5, 0.6) is 0 Å². The van der Waals surface area contributed by atoms with Gasteiger partial charge in [-0.25, -0.2) is 9.59 Å². The maximum absolute atomic E-state index is 12.4. The first kappa shape index (κ1) is 15.3. The summed E-state index contributed by atoms with van der Waals surface area (Å²) in [5.74, 6) is -1.09. The molecule has 1 saturated heterocycles. The smallest absolute Gasteiger partial charge is 0.326 e. The van der Waals surface area contributed by atoms with E-state index in [0.717, 1.165) is 6.42 Å². The van der Waals surface area contributed by atoms with Gasteiger partial charge in [-0.2, -0.15) is 0 Å². The third kappa shape index (κ3) is 3.16. The van der Waals surface area contributed by atoms with Crippen LogP contribution in [0.2, 0.25) is 0 Å².